The zero-order chi connectivity index (χ0) is 11.7. The van der Waals surface area contributed by atoms with Crippen molar-refractivity contribution in [2.75, 3.05) is 13.2 Å². The quantitative estimate of drug-likeness (QED) is 0.557. The Labute approximate surface area is 92.2 Å². The molecule has 4 N–H and O–H groups in total. The van der Waals surface area contributed by atoms with Gasteiger partial charge in [-0.05, 0) is 25.3 Å². The third-order valence-corrected chi connectivity index (χ3v) is 2.72. The molecule has 0 heterocycles. The van der Waals surface area contributed by atoms with Crippen LogP contribution in [0.2, 0.25) is 0 Å². The predicted molar refractivity (Wildman–Crippen MR) is 61.4 cm³/mol. The molecule has 4 heteroatoms. The zero-order valence-corrected chi connectivity index (χ0v) is 9.83. The summed E-state index contributed by atoms with van der Waals surface area (Å²) in [6.07, 6.45) is 2.91. The van der Waals surface area contributed by atoms with Crippen LogP contribution in [-0.4, -0.2) is 30.2 Å². The van der Waals surface area contributed by atoms with E-state index in [2.05, 4.69) is 5.32 Å². The molecule has 0 bridgehead atoms. The summed E-state index contributed by atoms with van der Waals surface area (Å²) in [5, 5.41) is 11.7. The molecule has 0 fully saturated rings. The van der Waals surface area contributed by atoms with Gasteiger partial charge in [0.2, 0.25) is 5.91 Å². The van der Waals surface area contributed by atoms with Crippen molar-refractivity contribution in [1.82, 2.24) is 5.32 Å². The minimum Gasteiger partial charge on any atom is -0.396 e. The van der Waals surface area contributed by atoms with E-state index in [-0.39, 0.29) is 24.5 Å². The van der Waals surface area contributed by atoms with Gasteiger partial charge in [0.15, 0.2) is 0 Å². The number of hydrogen-bond acceptors (Lipinski definition) is 3. The van der Waals surface area contributed by atoms with Crippen LogP contribution < -0.4 is 11.1 Å². The second kappa shape index (κ2) is 8.68. The Morgan fingerprint density at radius 1 is 1.40 bits per heavy atom. The molecule has 0 spiro atoms. The van der Waals surface area contributed by atoms with Gasteiger partial charge in [-0.25, -0.2) is 0 Å². The second-order valence-electron chi connectivity index (χ2n) is 3.90. The normalized spacial score (nSPS) is 14.7. The molecule has 0 aliphatic heterocycles. The van der Waals surface area contributed by atoms with Crippen molar-refractivity contribution >= 4 is 5.91 Å². The first-order chi connectivity index (χ1) is 7.17. The lowest BCUT2D eigenvalue weighted by Crippen LogP contribution is -2.36. The van der Waals surface area contributed by atoms with Crippen molar-refractivity contribution in [2.24, 2.45) is 11.7 Å². The molecule has 0 saturated heterocycles. The highest BCUT2D eigenvalue weighted by Crippen LogP contribution is 2.06. The van der Waals surface area contributed by atoms with Crippen molar-refractivity contribution in [2.45, 2.75) is 45.6 Å². The van der Waals surface area contributed by atoms with Crippen LogP contribution in [0.3, 0.4) is 0 Å². The third kappa shape index (κ3) is 6.47. The van der Waals surface area contributed by atoms with Crippen LogP contribution in [0.4, 0.5) is 0 Å². The summed E-state index contributed by atoms with van der Waals surface area (Å²) in [4.78, 5) is 11.6. The number of nitrogens with one attached hydrogen (secondary N) is 1. The third-order valence-electron chi connectivity index (χ3n) is 2.72. The zero-order valence-electron chi connectivity index (χ0n) is 9.83. The SMILES string of the molecule is CCC(CN)CC(=O)NC(CC)CCO. The van der Waals surface area contributed by atoms with Gasteiger partial charge in [-0.2, -0.15) is 0 Å². The molecule has 4 nitrogen and oxygen atoms in total. The first-order valence-electron chi connectivity index (χ1n) is 5.78. The number of carbonyl (C=O) groups excluding carboxylic acids is 1. The van der Waals surface area contributed by atoms with Crippen LogP contribution in [0.1, 0.15) is 39.5 Å². The van der Waals surface area contributed by atoms with E-state index < -0.39 is 0 Å². The maximum absolute atomic E-state index is 11.6. The average molecular weight is 216 g/mol. The smallest absolute Gasteiger partial charge is 0.220 e. The number of hydrogen-bond donors (Lipinski definition) is 3. The molecule has 15 heavy (non-hydrogen) atoms. The summed E-state index contributed by atoms with van der Waals surface area (Å²) in [7, 11) is 0. The van der Waals surface area contributed by atoms with Gasteiger partial charge in [-0.15, -0.1) is 0 Å². The van der Waals surface area contributed by atoms with Gasteiger partial charge >= 0.3 is 0 Å². The Kier molecular flexibility index (Phi) is 8.33. The van der Waals surface area contributed by atoms with E-state index >= 15 is 0 Å². The molecular weight excluding hydrogens is 192 g/mol. The number of rotatable bonds is 8. The Morgan fingerprint density at radius 2 is 2.07 bits per heavy atom. The highest BCUT2D eigenvalue weighted by Gasteiger charge is 2.13. The molecule has 2 atom stereocenters. The lowest BCUT2D eigenvalue weighted by Gasteiger charge is -2.18. The van der Waals surface area contributed by atoms with Crippen molar-refractivity contribution in [3.8, 4) is 0 Å². The highest BCUT2D eigenvalue weighted by molar-refractivity contribution is 5.76. The molecule has 0 saturated carbocycles. The van der Waals surface area contributed by atoms with Crippen molar-refractivity contribution in [3.63, 3.8) is 0 Å². The number of aliphatic hydroxyl groups excluding tert-OH is 1. The molecule has 0 aromatic rings. The molecular formula is C11H24N2O2. The van der Waals surface area contributed by atoms with Crippen LogP contribution in [0, 0.1) is 5.92 Å². The number of carbonyl (C=O) groups is 1. The molecule has 90 valence electrons. The Morgan fingerprint density at radius 3 is 2.47 bits per heavy atom. The molecule has 0 radical (unpaired) electrons. The highest BCUT2D eigenvalue weighted by atomic mass is 16.3. The first kappa shape index (κ1) is 14.4. The lowest BCUT2D eigenvalue weighted by atomic mass is 10.0. The number of aliphatic hydroxyl groups is 1. The maximum atomic E-state index is 11.6. The molecule has 1 amide bonds. The maximum Gasteiger partial charge on any atom is 0.220 e. The molecule has 0 aromatic heterocycles. The van der Waals surface area contributed by atoms with Gasteiger partial charge < -0.3 is 16.2 Å². The van der Waals surface area contributed by atoms with Gasteiger partial charge in [-0.3, -0.25) is 4.79 Å². The lowest BCUT2D eigenvalue weighted by molar-refractivity contribution is -0.122. The fourth-order valence-corrected chi connectivity index (χ4v) is 1.48. The van der Waals surface area contributed by atoms with E-state index in [0.717, 1.165) is 12.8 Å². The fourth-order valence-electron chi connectivity index (χ4n) is 1.48. The van der Waals surface area contributed by atoms with Crippen LogP contribution in [0.5, 0.6) is 0 Å². The van der Waals surface area contributed by atoms with Crippen LogP contribution >= 0.6 is 0 Å². The summed E-state index contributed by atoms with van der Waals surface area (Å²) in [6.45, 7) is 4.71. The Bertz CT molecular complexity index is 170. The van der Waals surface area contributed by atoms with E-state index in [4.69, 9.17) is 10.8 Å². The second-order valence-corrected chi connectivity index (χ2v) is 3.90. The van der Waals surface area contributed by atoms with Crippen LogP contribution in [-0.2, 0) is 4.79 Å². The minimum absolute atomic E-state index is 0.0487. The topological polar surface area (TPSA) is 75.4 Å². The summed E-state index contributed by atoms with van der Waals surface area (Å²) < 4.78 is 0. The van der Waals surface area contributed by atoms with E-state index in [1.165, 1.54) is 0 Å². The molecule has 2 unspecified atom stereocenters. The molecule has 0 aromatic carbocycles. The molecule has 0 rings (SSSR count). The first-order valence-corrected chi connectivity index (χ1v) is 5.78. The van der Waals surface area contributed by atoms with Crippen LogP contribution in [0.25, 0.3) is 0 Å². The van der Waals surface area contributed by atoms with Crippen molar-refractivity contribution < 1.29 is 9.90 Å². The van der Waals surface area contributed by atoms with E-state index in [1.807, 2.05) is 13.8 Å². The van der Waals surface area contributed by atoms with Gasteiger partial charge in [0.1, 0.15) is 0 Å². The Balaban J connectivity index is 3.88. The molecule has 0 aliphatic rings. The monoisotopic (exact) mass is 216 g/mol. The van der Waals surface area contributed by atoms with E-state index in [0.29, 0.717) is 19.4 Å². The van der Waals surface area contributed by atoms with Crippen LogP contribution in [0.15, 0.2) is 0 Å². The van der Waals surface area contributed by atoms with Crippen molar-refractivity contribution in [3.05, 3.63) is 0 Å². The minimum atomic E-state index is 0.0487. The standard InChI is InChI=1S/C11H24N2O2/c1-3-9(8-12)7-11(15)13-10(4-2)5-6-14/h9-10,14H,3-8,12H2,1-2H3,(H,13,15). The average Bonchev–Trinajstić information content (AvgIpc) is 2.25. The number of amides is 1. The van der Waals surface area contributed by atoms with Gasteiger partial charge in [-0.1, -0.05) is 20.3 Å². The van der Waals surface area contributed by atoms with E-state index in [9.17, 15) is 4.79 Å². The Hall–Kier alpha value is -0.610. The summed E-state index contributed by atoms with van der Waals surface area (Å²) >= 11 is 0. The summed E-state index contributed by atoms with van der Waals surface area (Å²) in [6, 6.07) is 0.0952. The largest absolute Gasteiger partial charge is 0.396 e. The van der Waals surface area contributed by atoms with Gasteiger partial charge in [0, 0.05) is 19.1 Å². The van der Waals surface area contributed by atoms with Gasteiger partial charge in [0.05, 0.1) is 0 Å². The fraction of sp³-hybridized carbons (Fsp3) is 0.909. The van der Waals surface area contributed by atoms with Crippen molar-refractivity contribution in [1.29, 1.82) is 0 Å². The van der Waals surface area contributed by atoms with E-state index in [1.54, 1.807) is 0 Å². The van der Waals surface area contributed by atoms with Gasteiger partial charge in [0.25, 0.3) is 0 Å². The summed E-state index contributed by atoms with van der Waals surface area (Å²) in [5.41, 5.74) is 5.53. The molecule has 0 aliphatic carbocycles. The summed E-state index contributed by atoms with van der Waals surface area (Å²) in [5.74, 6) is 0.323. The predicted octanol–water partition coefficient (Wildman–Crippen LogP) is 0.639. The number of nitrogens with two attached hydrogens (primary N) is 1.